The van der Waals surface area contributed by atoms with Gasteiger partial charge in [0.2, 0.25) is 47.8 Å². The van der Waals surface area contributed by atoms with Crippen molar-refractivity contribution in [2.24, 2.45) is 0 Å². The fourth-order valence-corrected chi connectivity index (χ4v) is 10.7. The second-order valence-corrected chi connectivity index (χ2v) is 22.2. The third-order valence-electron chi connectivity index (χ3n) is 11.0. The molecule has 0 heterocycles. The van der Waals surface area contributed by atoms with E-state index in [0.717, 1.165) is 12.1 Å². The van der Waals surface area contributed by atoms with Crippen molar-refractivity contribution in [3.63, 3.8) is 0 Å². The molecule has 0 aromatic heterocycles. The van der Waals surface area contributed by atoms with E-state index >= 15 is 0 Å². The van der Waals surface area contributed by atoms with Crippen LogP contribution in [-0.2, 0) is 65.3 Å². The molecule has 22 nitrogen and oxygen atoms in total. The topological polar surface area (TPSA) is 358 Å². The van der Waals surface area contributed by atoms with Crippen molar-refractivity contribution in [2.75, 3.05) is 25.4 Å². The molecule has 0 saturated heterocycles. The fraction of sp³-hybridized carbons (Fsp3) is 0.435. The van der Waals surface area contributed by atoms with Gasteiger partial charge in [-0.05, 0) is 108 Å². The zero-order chi connectivity index (χ0) is 53.4. The van der Waals surface area contributed by atoms with Crippen LogP contribution >= 0.6 is 0 Å². The minimum absolute atomic E-state index is 0.0109. The maximum absolute atomic E-state index is 14.1. The summed E-state index contributed by atoms with van der Waals surface area (Å²) in [4.78, 5) is 70.0. The van der Waals surface area contributed by atoms with Gasteiger partial charge in [-0.15, -0.1) is 0 Å². The van der Waals surface area contributed by atoms with E-state index in [9.17, 15) is 74.4 Å². The van der Waals surface area contributed by atoms with Crippen LogP contribution in [0.5, 0.6) is 0 Å². The van der Waals surface area contributed by atoms with Crippen LogP contribution in [0, 0.1) is 0 Å². The maximum Gasteiger partial charge on any atom is 0.326 e. The third kappa shape index (κ3) is 17.5. The Bertz CT molecular complexity index is 2840. The normalized spacial score (nSPS) is 13.9. The summed E-state index contributed by atoms with van der Waals surface area (Å²) in [6.07, 6.45) is 4.90. The number of carboxylic acids is 3. The number of sulfonamides is 3. The van der Waals surface area contributed by atoms with Crippen LogP contribution in [0.2, 0.25) is 0 Å². The highest BCUT2D eigenvalue weighted by Crippen LogP contribution is 2.40. The monoisotopic (exact) mass is 1050 g/mol. The molecule has 1 aliphatic carbocycles. The van der Waals surface area contributed by atoms with Crippen molar-refractivity contribution in [1.29, 1.82) is 0 Å². The predicted octanol–water partition coefficient (Wildman–Crippen LogP) is 2.73. The molecule has 3 amide bonds. The van der Waals surface area contributed by atoms with E-state index in [0.29, 0.717) is 0 Å². The van der Waals surface area contributed by atoms with Gasteiger partial charge in [0, 0.05) is 52.9 Å². The summed E-state index contributed by atoms with van der Waals surface area (Å²) >= 11 is 0. The Hall–Kier alpha value is -6.25. The number of hydrogen-bond acceptors (Lipinski definition) is 13. The van der Waals surface area contributed by atoms with E-state index in [1.165, 1.54) is 39.0 Å². The van der Waals surface area contributed by atoms with Gasteiger partial charge in [-0.25, -0.2) is 53.8 Å². The lowest BCUT2D eigenvalue weighted by Crippen LogP contribution is -2.41. The number of aliphatic carboxylic acids is 3. The van der Waals surface area contributed by atoms with Crippen LogP contribution in [0.3, 0.4) is 0 Å². The summed E-state index contributed by atoms with van der Waals surface area (Å²) in [5.74, 6) is -7.10. The molecule has 3 unspecified atom stereocenters. The number of aliphatic hydroxyl groups excluding tert-OH is 1. The highest BCUT2D eigenvalue weighted by Gasteiger charge is 2.30. The number of benzene rings is 2. The standard InChI is InChI=1S/C46H62N6O16S3/c1-27(2)41(54)50-34(44(57)58)16-7-10-22-47-69(63,64)25-21-37(53)30-19-20-33-39(71(67,68)49-24-12-9-18-36(46(61)62)52-43(56)29(5)6)26-38(32-15-13-14-31(30)40(32)33)70(65,66)48-23-11-8-17-35(45(59)60)51-42(55)28(3)4/h13,15,19-21,26,34-36,47-49,53H,1,3,5,7-12,14,16-18,22-25H2,2,4,6H3,(H,50,54)(H,51,55)(H,52,56)(H,57,58)(H,59,60)(H,61,62)/b37-21+. The minimum atomic E-state index is -4.57. The van der Waals surface area contributed by atoms with Gasteiger partial charge in [0.1, 0.15) is 23.9 Å². The molecule has 0 radical (unpaired) electrons. The van der Waals surface area contributed by atoms with Crippen LogP contribution in [0.1, 0.15) is 95.2 Å². The van der Waals surface area contributed by atoms with E-state index in [2.05, 4.69) is 49.9 Å². The lowest BCUT2D eigenvalue weighted by atomic mass is 9.89. The smallest absolute Gasteiger partial charge is 0.326 e. The third-order valence-corrected chi connectivity index (χ3v) is 15.2. The van der Waals surface area contributed by atoms with E-state index < -0.39 is 105 Å². The number of hydrogen-bond donors (Lipinski definition) is 10. The van der Waals surface area contributed by atoms with Gasteiger partial charge in [-0.2, -0.15) is 0 Å². The van der Waals surface area contributed by atoms with Gasteiger partial charge in [-0.1, -0.05) is 44.0 Å². The van der Waals surface area contributed by atoms with Gasteiger partial charge in [-0.3, -0.25) is 14.4 Å². The summed E-state index contributed by atoms with van der Waals surface area (Å²) in [5, 5.41) is 47.1. The van der Waals surface area contributed by atoms with Gasteiger partial charge < -0.3 is 36.4 Å². The summed E-state index contributed by atoms with van der Waals surface area (Å²) in [6.45, 7) is 14.1. The number of rotatable bonds is 32. The first kappa shape index (κ1) is 59.1. The molecule has 25 heteroatoms. The van der Waals surface area contributed by atoms with Crippen molar-refractivity contribution in [3.05, 3.63) is 83.5 Å². The summed E-state index contributed by atoms with van der Waals surface area (Å²) in [7, 11) is -13.2. The second-order valence-electron chi connectivity index (χ2n) is 16.9. The Labute approximate surface area is 413 Å². The summed E-state index contributed by atoms with van der Waals surface area (Å²) < 4.78 is 89.7. The molecule has 0 bridgehead atoms. The maximum atomic E-state index is 14.1. The van der Waals surface area contributed by atoms with E-state index in [1.54, 1.807) is 6.08 Å². The molecule has 0 saturated carbocycles. The lowest BCUT2D eigenvalue weighted by Gasteiger charge is -2.22. The molecule has 0 fully saturated rings. The van der Waals surface area contributed by atoms with Crippen LogP contribution < -0.4 is 30.1 Å². The number of carbonyl (C=O) groups is 6. The van der Waals surface area contributed by atoms with Crippen molar-refractivity contribution < 1.29 is 74.4 Å². The molecule has 3 rings (SSSR count). The number of carboxylic acid groups (broad SMARTS) is 3. The Morgan fingerprint density at radius 2 is 1.01 bits per heavy atom. The van der Waals surface area contributed by atoms with Crippen LogP contribution in [0.25, 0.3) is 22.6 Å². The molecule has 1 aliphatic rings. The molecular weight excluding hydrogens is 989 g/mol. The number of allylic oxidation sites excluding steroid dienone is 1. The Morgan fingerprint density at radius 1 is 0.606 bits per heavy atom. The quantitative estimate of drug-likeness (QED) is 0.0286. The van der Waals surface area contributed by atoms with Gasteiger partial charge >= 0.3 is 17.9 Å². The van der Waals surface area contributed by atoms with Crippen molar-refractivity contribution in [3.8, 4) is 0 Å². The Kier molecular flexibility index (Phi) is 21.9. The highest BCUT2D eigenvalue weighted by molar-refractivity contribution is 7.90. The van der Waals surface area contributed by atoms with Crippen molar-refractivity contribution in [1.82, 2.24) is 30.1 Å². The molecule has 0 aliphatic heterocycles. The van der Waals surface area contributed by atoms with Gasteiger partial charge in [0.25, 0.3) is 0 Å². The molecule has 2 aromatic rings. The predicted molar refractivity (Wildman–Crippen MR) is 264 cm³/mol. The first-order valence-electron chi connectivity index (χ1n) is 22.3. The molecular formula is C46H62N6O16S3. The van der Waals surface area contributed by atoms with E-state index in [-0.39, 0.29) is 128 Å². The average molecular weight is 1050 g/mol. The zero-order valence-corrected chi connectivity index (χ0v) is 42.1. The van der Waals surface area contributed by atoms with Crippen molar-refractivity contribution >= 4 is 88.3 Å². The van der Waals surface area contributed by atoms with E-state index in [1.807, 2.05) is 0 Å². The highest BCUT2D eigenvalue weighted by atomic mass is 32.2. The first-order valence-corrected chi connectivity index (χ1v) is 26.9. The van der Waals surface area contributed by atoms with Crippen LogP contribution in [0.4, 0.5) is 0 Å². The number of unbranched alkanes of at least 4 members (excludes halogenated alkanes) is 3. The molecule has 0 spiro atoms. The fourth-order valence-electron chi connectivity index (χ4n) is 7.11. The second kappa shape index (κ2) is 26.3. The largest absolute Gasteiger partial charge is 0.508 e. The number of amides is 3. The zero-order valence-electron chi connectivity index (χ0n) is 39.6. The number of carbonyl (C=O) groups excluding carboxylic acids is 3. The summed E-state index contributed by atoms with van der Waals surface area (Å²) in [5.41, 5.74) is 0.670. The molecule has 390 valence electrons. The minimum Gasteiger partial charge on any atom is -0.508 e. The first-order chi connectivity index (χ1) is 33.1. The molecule has 3 atom stereocenters. The Balaban J connectivity index is 1.94. The van der Waals surface area contributed by atoms with Gasteiger partial charge in [0.05, 0.1) is 15.5 Å². The van der Waals surface area contributed by atoms with Crippen LogP contribution in [0.15, 0.2) is 76.6 Å². The van der Waals surface area contributed by atoms with Gasteiger partial charge in [0.15, 0.2) is 0 Å². The van der Waals surface area contributed by atoms with Crippen LogP contribution in [-0.4, -0.2) is 125 Å². The Morgan fingerprint density at radius 3 is 1.42 bits per heavy atom. The SMILES string of the molecule is C=C(C)C(=O)NC(CCCCNS(=O)(=O)C/C=C(/O)c1ccc2c(S(=O)(=O)NCCCCC(NC(=O)C(=C)C)C(=O)O)cc(S(=O)(=O)NCCCCC(NC(=O)C(=C)C)C(=O)O)c3c2c1CC=C3)C(=O)O. The average Bonchev–Trinajstić information content (AvgIpc) is 3.28. The van der Waals surface area contributed by atoms with Crippen molar-refractivity contribution in [2.45, 2.75) is 113 Å². The molecule has 2 aromatic carbocycles. The number of aliphatic hydroxyl groups is 1. The molecule has 71 heavy (non-hydrogen) atoms. The van der Waals surface area contributed by atoms with E-state index in [4.69, 9.17) is 0 Å². The molecule has 10 N–H and O–H groups in total. The number of nitrogens with one attached hydrogen (secondary N) is 6. The summed E-state index contributed by atoms with van der Waals surface area (Å²) in [6, 6.07) is -0.102. The lowest BCUT2D eigenvalue weighted by molar-refractivity contribution is -0.142.